The van der Waals surface area contributed by atoms with E-state index in [1.165, 1.54) is 6.07 Å². The van der Waals surface area contributed by atoms with Gasteiger partial charge in [-0.1, -0.05) is 6.92 Å². The molecule has 7 heteroatoms. The van der Waals surface area contributed by atoms with Gasteiger partial charge < -0.3 is 5.11 Å². The molecular formula is C14H15BrN2O3S. The summed E-state index contributed by atoms with van der Waals surface area (Å²) in [4.78, 5) is 11.6. The van der Waals surface area contributed by atoms with E-state index in [1.54, 1.807) is 16.8 Å². The molecular weight excluding hydrogens is 356 g/mol. The summed E-state index contributed by atoms with van der Waals surface area (Å²) in [7, 11) is 0.502. The number of aryl methyl sites for hydroxylation is 2. The van der Waals surface area contributed by atoms with Gasteiger partial charge in [-0.3, -0.25) is 8.89 Å². The van der Waals surface area contributed by atoms with Gasteiger partial charge >= 0.3 is 5.97 Å². The van der Waals surface area contributed by atoms with Crippen LogP contribution in [0, 0.1) is 0 Å². The number of halogens is 1. The highest BCUT2D eigenvalue weighted by atomic mass is 79.9. The van der Waals surface area contributed by atoms with Crippen molar-refractivity contribution in [2.75, 3.05) is 0 Å². The summed E-state index contributed by atoms with van der Waals surface area (Å²) in [6.07, 6.45) is 0.821. The van der Waals surface area contributed by atoms with E-state index < -0.39 is 16.8 Å². The molecule has 0 spiro atoms. The van der Waals surface area contributed by atoms with E-state index in [-0.39, 0.29) is 5.56 Å². The highest BCUT2D eigenvalue weighted by Gasteiger charge is 2.14. The van der Waals surface area contributed by atoms with Crippen LogP contribution in [0.5, 0.6) is 0 Å². The number of aromatic carboxylic acids is 1. The SMILES string of the molecule is CCc1cc(CS(=O)c2ccc(Br)c(C(=O)O)c2)n(C)n1. The van der Waals surface area contributed by atoms with Crippen molar-refractivity contribution in [1.82, 2.24) is 9.78 Å². The third-order valence-electron chi connectivity index (χ3n) is 3.10. The summed E-state index contributed by atoms with van der Waals surface area (Å²) in [6, 6.07) is 6.65. The zero-order valence-corrected chi connectivity index (χ0v) is 14.1. The minimum atomic E-state index is -1.31. The predicted octanol–water partition coefficient (Wildman–Crippen LogP) is 2.75. The summed E-state index contributed by atoms with van der Waals surface area (Å²) < 4.78 is 14.6. The van der Waals surface area contributed by atoms with Crippen molar-refractivity contribution in [3.05, 3.63) is 45.7 Å². The van der Waals surface area contributed by atoms with Gasteiger partial charge in [-0.05, 0) is 46.6 Å². The maximum Gasteiger partial charge on any atom is 0.336 e. The Kier molecular flexibility index (Phi) is 4.95. The lowest BCUT2D eigenvalue weighted by molar-refractivity contribution is 0.0695. The number of hydrogen-bond donors (Lipinski definition) is 1. The molecule has 21 heavy (non-hydrogen) atoms. The zero-order valence-electron chi connectivity index (χ0n) is 11.7. The van der Waals surface area contributed by atoms with Crippen molar-refractivity contribution >= 4 is 32.7 Å². The molecule has 2 rings (SSSR count). The van der Waals surface area contributed by atoms with Gasteiger partial charge in [0, 0.05) is 16.4 Å². The molecule has 0 radical (unpaired) electrons. The summed E-state index contributed by atoms with van der Waals surface area (Å²) in [5.41, 5.74) is 1.93. The lowest BCUT2D eigenvalue weighted by Crippen LogP contribution is -2.05. The van der Waals surface area contributed by atoms with Gasteiger partial charge in [-0.15, -0.1) is 0 Å². The molecule has 0 saturated carbocycles. The Morgan fingerprint density at radius 3 is 2.71 bits per heavy atom. The number of carboxylic acid groups (broad SMARTS) is 1. The Morgan fingerprint density at radius 1 is 1.43 bits per heavy atom. The highest BCUT2D eigenvalue weighted by molar-refractivity contribution is 9.10. The van der Waals surface area contributed by atoms with Crippen LogP contribution in [0.3, 0.4) is 0 Å². The fourth-order valence-electron chi connectivity index (χ4n) is 1.91. The molecule has 112 valence electrons. The van der Waals surface area contributed by atoms with Gasteiger partial charge in [0.1, 0.15) is 0 Å². The van der Waals surface area contributed by atoms with Crippen LogP contribution in [-0.2, 0) is 30.0 Å². The highest BCUT2D eigenvalue weighted by Crippen LogP contribution is 2.22. The second-order valence-corrected chi connectivity index (χ2v) is 6.85. The molecule has 0 fully saturated rings. The molecule has 1 aromatic heterocycles. The van der Waals surface area contributed by atoms with Crippen LogP contribution in [0.25, 0.3) is 0 Å². The number of nitrogens with zero attached hydrogens (tertiary/aromatic N) is 2. The first-order valence-corrected chi connectivity index (χ1v) is 8.46. The van der Waals surface area contributed by atoms with Crippen LogP contribution >= 0.6 is 15.9 Å². The van der Waals surface area contributed by atoms with Gasteiger partial charge in [0.25, 0.3) is 0 Å². The van der Waals surface area contributed by atoms with Crippen molar-refractivity contribution in [1.29, 1.82) is 0 Å². The predicted molar refractivity (Wildman–Crippen MR) is 83.8 cm³/mol. The minimum absolute atomic E-state index is 0.111. The van der Waals surface area contributed by atoms with Crippen molar-refractivity contribution in [2.24, 2.45) is 7.05 Å². The second kappa shape index (κ2) is 6.53. The van der Waals surface area contributed by atoms with E-state index in [0.717, 1.165) is 17.8 Å². The van der Waals surface area contributed by atoms with Gasteiger partial charge in [0.15, 0.2) is 0 Å². The van der Waals surface area contributed by atoms with E-state index in [2.05, 4.69) is 21.0 Å². The first kappa shape index (κ1) is 15.9. The summed E-state index contributed by atoms with van der Waals surface area (Å²) >= 11 is 3.18. The fraction of sp³-hybridized carbons (Fsp3) is 0.286. The molecule has 0 aliphatic rings. The van der Waals surface area contributed by atoms with Gasteiger partial charge in [-0.25, -0.2) is 4.79 Å². The van der Waals surface area contributed by atoms with E-state index in [1.807, 2.05) is 20.0 Å². The minimum Gasteiger partial charge on any atom is -0.478 e. The normalized spacial score (nSPS) is 12.3. The quantitative estimate of drug-likeness (QED) is 0.877. The maximum atomic E-state index is 12.4. The molecule has 0 bridgehead atoms. The van der Waals surface area contributed by atoms with Crippen LogP contribution in [0.1, 0.15) is 28.7 Å². The number of rotatable bonds is 5. The molecule has 1 aromatic carbocycles. The summed E-state index contributed by atoms with van der Waals surface area (Å²) in [5, 5.41) is 13.4. The fourth-order valence-corrected chi connectivity index (χ4v) is 3.50. The Hall–Kier alpha value is -1.47. The van der Waals surface area contributed by atoms with E-state index in [0.29, 0.717) is 15.1 Å². The van der Waals surface area contributed by atoms with Crippen LogP contribution in [-0.4, -0.2) is 25.1 Å². The van der Waals surface area contributed by atoms with E-state index >= 15 is 0 Å². The molecule has 1 heterocycles. The molecule has 0 saturated heterocycles. The molecule has 0 amide bonds. The zero-order chi connectivity index (χ0) is 15.6. The Bertz CT molecular complexity index is 712. The average molecular weight is 371 g/mol. The summed E-state index contributed by atoms with van der Waals surface area (Å²) in [5.74, 6) is -0.737. The van der Waals surface area contributed by atoms with E-state index in [4.69, 9.17) is 5.11 Å². The van der Waals surface area contributed by atoms with Crippen molar-refractivity contribution in [3.63, 3.8) is 0 Å². The van der Waals surface area contributed by atoms with Crippen molar-refractivity contribution < 1.29 is 14.1 Å². The second-order valence-electron chi connectivity index (χ2n) is 4.54. The lowest BCUT2D eigenvalue weighted by atomic mass is 10.2. The molecule has 1 atom stereocenters. The number of benzene rings is 1. The van der Waals surface area contributed by atoms with Crippen LogP contribution in [0.15, 0.2) is 33.6 Å². The molecule has 0 aliphatic carbocycles. The molecule has 5 nitrogen and oxygen atoms in total. The number of hydrogen-bond acceptors (Lipinski definition) is 3. The van der Waals surface area contributed by atoms with Crippen LogP contribution in [0.4, 0.5) is 0 Å². The lowest BCUT2D eigenvalue weighted by Gasteiger charge is -2.05. The molecule has 1 unspecified atom stereocenters. The van der Waals surface area contributed by atoms with Gasteiger partial charge in [-0.2, -0.15) is 5.10 Å². The Labute approximate surface area is 133 Å². The molecule has 2 aromatic rings. The van der Waals surface area contributed by atoms with Crippen molar-refractivity contribution in [3.8, 4) is 0 Å². The average Bonchev–Trinajstić information content (AvgIpc) is 2.79. The smallest absolute Gasteiger partial charge is 0.336 e. The van der Waals surface area contributed by atoms with Crippen molar-refractivity contribution in [2.45, 2.75) is 24.0 Å². The standard InChI is InChI=1S/C14H15BrN2O3S/c1-3-9-6-10(17(2)16-9)8-21(20)11-4-5-13(15)12(7-11)14(18)19/h4-7H,3,8H2,1-2H3,(H,18,19). The largest absolute Gasteiger partial charge is 0.478 e. The topological polar surface area (TPSA) is 72.2 Å². The summed E-state index contributed by atoms with van der Waals surface area (Å²) in [6.45, 7) is 2.01. The Morgan fingerprint density at radius 2 is 2.14 bits per heavy atom. The number of aromatic nitrogens is 2. The molecule has 0 aliphatic heterocycles. The first-order valence-electron chi connectivity index (χ1n) is 6.35. The monoisotopic (exact) mass is 370 g/mol. The molecule has 1 N–H and O–H groups in total. The van der Waals surface area contributed by atoms with Gasteiger partial charge in [0.05, 0.1) is 33.5 Å². The van der Waals surface area contributed by atoms with Crippen LogP contribution in [0.2, 0.25) is 0 Å². The van der Waals surface area contributed by atoms with Gasteiger partial charge in [0.2, 0.25) is 0 Å². The maximum absolute atomic E-state index is 12.4. The Balaban J connectivity index is 2.26. The van der Waals surface area contributed by atoms with Crippen LogP contribution < -0.4 is 0 Å². The third-order valence-corrected chi connectivity index (χ3v) is 5.13. The van der Waals surface area contributed by atoms with E-state index in [9.17, 15) is 9.00 Å². The number of carboxylic acids is 1. The third kappa shape index (κ3) is 3.59. The first-order chi connectivity index (χ1) is 9.92. The number of carbonyl (C=O) groups is 1.